The van der Waals surface area contributed by atoms with Crippen molar-refractivity contribution in [3.8, 4) is 0 Å². The zero-order chi connectivity index (χ0) is 19.6. The third-order valence-electron chi connectivity index (χ3n) is 4.54. The molecule has 1 aliphatic heterocycles. The fraction of sp³-hybridized carbons (Fsp3) is 0.412. The van der Waals surface area contributed by atoms with Crippen LogP contribution >= 0.6 is 12.4 Å². The molecule has 1 saturated heterocycles. The largest absolute Gasteiger partial charge is 0.341 e. The van der Waals surface area contributed by atoms with E-state index in [0.717, 1.165) is 18.6 Å². The Labute approximate surface area is 168 Å². The lowest BCUT2D eigenvalue weighted by Gasteiger charge is -2.35. The number of aryl methyl sites for hydroxylation is 1. The fourth-order valence-electron chi connectivity index (χ4n) is 3.10. The molecule has 1 amide bonds. The first-order chi connectivity index (χ1) is 12.9. The van der Waals surface area contributed by atoms with Crippen LogP contribution in [0.5, 0.6) is 0 Å². The van der Waals surface area contributed by atoms with Crippen molar-refractivity contribution in [2.24, 2.45) is 0 Å². The van der Waals surface area contributed by atoms with Gasteiger partial charge in [-0.25, -0.2) is 13.4 Å². The van der Waals surface area contributed by atoms with Gasteiger partial charge in [-0.1, -0.05) is 12.1 Å². The molecule has 1 aliphatic rings. The summed E-state index contributed by atoms with van der Waals surface area (Å²) >= 11 is 0. The molecule has 154 valence electrons. The van der Waals surface area contributed by atoms with Crippen LogP contribution in [0.1, 0.15) is 17.3 Å². The molecule has 28 heavy (non-hydrogen) atoms. The first-order valence-electron chi connectivity index (χ1n) is 8.52. The molecule has 0 aliphatic carbocycles. The van der Waals surface area contributed by atoms with E-state index in [4.69, 9.17) is 0 Å². The van der Waals surface area contributed by atoms with E-state index in [1.54, 1.807) is 6.20 Å². The SMILES string of the molecule is CCn1ccnc1N1CCN(C(=O)c2ccccc2S(=O)(=O)C(F)F)CC1.Cl. The molecule has 0 atom stereocenters. The Kier molecular flexibility index (Phi) is 7.00. The molecule has 11 heteroatoms. The van der Waals surface area contributed by atoms with E-state index in [1.807, 2.05) is 22.6 Å². The average molecular weight is 435 g/mol. The van der Waals surface area contributed by atoms with Gasteiger partial charge in [-0.3, -0.25) is 4.79 Å². The summed E-state index contributed by atoms with van der Waals surface area (Å²) < 4.78 is 51.6. The van der Waals surface area contributed by atoms with Gasteiger partial charge < -0.3 is 14.4 Å². The molecule has 0 unspecified atom stereocenters. The number of sulfone groups is 1. The van der Waals surface area contributed by atoms with E-state index in [-0.39, 0.29) is 18.0 Å². The number of rotatable bonds is 5. The second-order valence-electron chi connectivity index (χ2n) is 6.09. The molecular formula is C17H21ClF2N4O3S. The third-order valence-corrected chi connectivity index (χ3v) is 5.98. The Balaban J connectivity index is 0.00000280. The number of amides is 1. The number of benzene rings is 1. The molecule has 2 aromatic rings. The Morgan fingerprint density at radius 2 is 1.82 bits per heavy atom. The molecule has 2 heterocycles. The summed E-state index contributed by atoms with van der Waals surface area (Å²) in [6, 6.07) is 5.11. The van der Waals surface area contributed by atoms with Crippen molar-refractivity contribution in [3.63, 3.8) is 0 Å². The van der Waals surface area contributed by atoms with Crippen molar-refractivity contribution in [1.82, 2.24) is 14.5 Å². The molecule has 1 aromatic carbocycles. The molecule has 1 fully saturated rings. The van der Waals surface area contributed by atoms with Crippen LogP contribution in [0.3, 0.4) is 0 Å². The van der Waals surface area contributed by atoms with Gasteiger partial charge in [0.1, 0.15) is 0 Å². The van der Waals surface area contributed by atoms with Crippen LogP contribution in [-0.4, -0.2) is 60.7 Å². The van der Waals surface area contributed by atoms with E-state index in [2.05, 4.69) is 4.98 Å². The van der Waals surface area contributed by atoms with Crippen LogP contribution in [0.2, 0.25) is 0 Å². The number of nitrogens with zero attached hydrogens (tertiary/aromatic N) is 4. The lowest BCUT2D eigenvalue weighted by Crippen LogP contribution is -2.49. The van der Waals surface area contributed by atoms with Crippen LogP contribution in [0.4, 0.5) is 14.7 Å². The smallest absolute Gasteiger partial charge is 0.339 e. The van der Waals surface area contributed by atoms with Crippen molar-refractivity contribution >= 4 is 34.1 Å². The highest BCUT2D eigenvalue weighted by molar-refractivity contribution is 7.91. The van der Waals surface area contributed by atoms with E-state index < -0.39 is 26.4 Å². The zero-order valence-electron chi connectivity index (χ0n) is 15.2. The summed E-state index contributed by atoms with van der Waals surface area (Å²) in [6.45, 7) is 4.51. The average Bonchev–Trinajstić information content (AvgIpc) is 3.16. The van der Waals surface area contributed by atoms with Crippen LogP contribution < -0.4 is 4.90 Å². The van der Waals surface area contributed by atoms with Gasteiger partial charge in [-0.05, 0) is 19.1 Å². The topological polar surface area (TPSA) is 75.5 Å². The van der Waals surface area contributed by atoms with Crippen LogP contribution in [0, 0.1) is 0 Å². The molecule has 7 nitrogen and oxygen atoms in total. The van der Waals surface area contributed by atoms with E-state index in [9.17, 15) is 22.0 Å². The lowest BCUT2D eigenvalue weighted by molar-refractivity contribution is 0.0742. The number of imidazole rings is 1. The molecule has 0 saturated carbocycles. The molecule has 0 bridgehead atoms. The van der Waals surface area contributed by atoms with E-state index >= 15 is 0 Å². The summed E-state index contributed by atoms with van der Waals surface area (Å²) in [4.78, 5) is 20.0. The Hall–Kier alpha value is -2.20. The number of hydrogen-bond donors (Lipinski definition) is 0. The standard InChI is InChI=1S/C17H20F2N4O3S.ClH/c1-2-21-8-7-20-17(21)23-11-9-22(10-12-23)15(24)13-5-3-4-6-14(13)27(25,26)16(18)19;/h3-8,16H,2,9-12H2,1H3;1H. The molecule has 1 aromatic heterocycles. The van der Waals surface area contributed by atoms with Gasteiger partial charge in [0, 0.05) is 45.1 Å². The molecular weight excluding hydrogens is 414 g/mol. The van der Waals surface area contributed by atoms with Crippen molar-refractivity contribution in [2.45, 2.75) is 24.1 Å². The summed E-state index contributed by atoms with van der Waals surface area (Å²) in [5.41, 5.74) is -0.221. The first kappa shape index (κ1) is 22.1. The number of halogens is 3. The Morgan fingerprint density at radius 1 is 1.18 bits per heavy atom. The van der Waals surface area contributed by atoms with Crippen molar-refractivity contribution < 1.29 is 22.0 Å². The van der Waals surface area contributed by atoms with Crippen LogP contribution in [0.15, 0.2) is 41.6 Å². The first-order valence-corrected chi connectivity index (χ1v) is 10.1. The van der Waals surface area contributed by atoms with Crippen LogP contribution in [-0.2, 0) is 16.4 Å². The summed E-state index contributed by atoms with van der Waals surface area (Å²) in [5, 5.41) is 0. The monoisotopic (exact) mass is 434 g/mol. The van der Waals surface area contributed by atoms with Gasteiger partial charge in [-0.2, -0.15) is 8.78 Å². The van der Waals surface area contributed by atoms with Gasteiger partial charge >= 0.3 is 5.76 Å². The minimum absolute atomic E-state index is 0. The normalized spacial score (nSPS) is 14.9. The minimum atomic E-state index is -4.85. The maximum atomic E-state index is 12.9. The number of piperazine rings is 1. The van der Waals surface area contributed by atoms with Gasteiger partial charge in [0.2, 0.25) is 15.8 Å². The molecule has 0 radical (unpaired) electrons. The van der Waals surface area contributed by atoms with Gasteiger partial charge in [0.05, 0.1) is 10.5 Å². The van der Waals surface area contributed by atoms with Gasteiger partial charge in [0.25, 0.3) is 5.91 Å². The Bertz CT molecular complexity index is 928. The molecule has 3 rings (SSSR count). The highest BCUT2D eigenvalue weighted by atomic mass is 35.5. The van der Waals surface area contributed by atoms with Gasteiger partial charge in [0.15, 0.2) is 0 Å². The summed E-state index contributed by atoms with van der Waals surface area (Å²) in [6.07, 6.45) is 3.58. The van der Waals surface area contributed by atoms with Crippen molar-refractivity contribution in [1.29, 1.82) is 0 Å². The number of anilines is 1. The summed E-state index contributed by atoms with van der Waals surface area (Å²) in [5.74, 6) is -3.32. The maximum Gasteiger partial charge on any atom is 0.341 e. The maximum absolute atomic E-state index is 12.9. The molecule has 0 N–H and O–H groups in total. The van der Waals surface area contributed by atoms with Crippen LogP contribution in [0.25, 0.3) is 0 Å². The predicted octanol–water partition coefficient (Wildman–Crippen LogP) is 2.28. The third kappa shape index (κ3) is 4.12. The number of aromatic nitrogens is 2. The van der Waals surface area contributed by atoms with Gasteiger partial charge in [-0.15, -0.1) is 12.4 Å². The van der Waals surface area contributed by atoms with Crippen molar-refractivity contribution in [3.05, 3.63) is 42.2 Å². The number of hydrogen-bond acceptors (Lipinski definition) is 5. The molecule has 0 spiro atoms. The quantitative estimate of drug-likeness (QED) is 0.721. The fourth-order valence-corrected chi connectivity index (χ4v) is 4.02. The minimum Gasteiger partial charge on any atom is -0.339 e. The Morgan fingerprint density at radius 3 is 2.43 bits per heavy atom. The highest BCUT2D eigenvalue weighted by Gasteiger charge is 2.33. The number of alkyl halides is 2. The summed E-state index contributed by atoms with van der Waals surface area (Å²) in [7, 11) is -4.85. The second kappa shape index (κ2) is 8.87. The zero-order valence-corrected chi connectivity index (χ0v) is 16.8. The number of carbonyl (C=O) groups is 1. The second-order valence-corrected chi connectivity index (χ2v) is 7.98. The van der Waals surface area contributed by atoms with E-state index in [0.29, 0.717) is 26.2 Å². The highest BCUT2D eigenvalue weighted by Crippen LogP contribution is 2.24. The number of carbonyl (C=O) groups excluding carboxylic acids is 1. The lowest BCUT2D eigenvalue weighted by atomic mass is 10.2. The predicted molar refractivity (Wildman–Crippen MR) is 103 cm³/mol. The van der Waals surface area contributed by atoms with Crippen molar-refractivity contribution in [2.75, 3.05) is 31.1 Å². The van der Waals surface area contributed by atoms with E-state index in [1.165, 1.54) is 23.1 Å².